The summed E-state index contributed by atoms with van der Waals surface area (Å²) in [5.74, 6) is 1.03. The quantitative estimate of drug-likeness (QED) is 0.485. The lowest BCUT2D eigenvalue weighted by Gasteiger charge is -2.45. The number of carbonyl (C=O) groups excluding carboxylic acids is 2. The highest BCUT2D eigenvalue weighted by molar-refractivity contribution is 5.95. The van der Waals surface area contributed by atoms with Crippen LogP contribution in [-0.2, 0) is 15.1 Å². The molecule has 3 heterocycles. The molecule has 8 nitrogen and oxygen atoms in total. The van der Waals surface area contributed by atoms with Crippen molar-refractivity contribution in [3.05, 3.63) is 72.1 Å². The van der Waals surface area contributed by atoms with Gasteiger partial charge in [-0.1, -0.05) is 26.0 Å². The summed E-state index contributed by atoms with van der Waals surface area (Å²) in [6.07, 6.45) is 3.44. The van der Waals surface area contributed by atoms with Gasteiger partial charge in [-0.05, 0) is 42.5 Å². The van der Waals surface area contributed by atoms with Gasteiger partial charge < -0.3 is 28.4 Å². The minimum absolute atomic E-state index is 0.0840. The maximum atomic E-state index is 13.3. The smallest absolute Gasteiger partial charge is 0.343 e. The molecule has 0 radical (unpaired) electrons. The average molecular weight is 493 g/mol. The number of rotatable bonds is 5. The largest absolute Gasteiger partial charge is 0.493 e. The number of carbonyl (C=O) groups is 2. The van der Waals surface area contributed by atoms with E-state index >= 15 is 0 Å². The molecule has 3 aromatic rings. The molecule has 0 unspecified atom stereocenters. The molecule has 5 rings (SSSR count). The van der Waals surface area contributed by atoms with E-state index in [4.69, 9.17) is 14.2 Å². The SMILES string of the molecule is CC.COC(=O)COc1ccc(C(=O)N2CCC3(CC2)Oc2ccccc2-n2cccc23)cc1OC. The van der Waals surface area contributed by atoms with Crippen molar-refractivity contribution in [1.29, 1.82) is 0 Å². The molecule has 1 aromatic heterocycles. The van der Waals surface area contributed by atoms with Crippen LogP contribution in [0.5, 0.6) is 17.2 Å². The van der Waals surface area contributed by atoms with E-state index in [2.05, 4.69) is 27.6 Å². The van der Waals surface area contributed by atoms with E-state index in [0.717, 1.165) is 17.1 Å². The van der Waals surface area contributed by atoms with Gasteiger partial charge in [0.05, 0.1) is 25.6 Å². The molecule has 36 heavy (non-hydrogen) atoms. The maximum absolute atomic E-state index is 13.3. The van der Waals surface area contributed by atoms with Crippen LogP contribution in [0.1, 0.15) is 42.7 Å². The second-order valence-corrected chi connectivity index (χ2v) is 8.35. The van der Waals surface area contributed by atoms with E-state index in [1.165, 1.54) is 14.2 Å². The molecule has 0 atom stereocenters. The number of hydrogen-bond acceptors (Lipinski definition) is 6. The van der Waals surface area contributed by atoms with Crippen molar-refractivity contribution < 1.29 is 28.5 Å². The van der Waals surface area contributed by atoms with Crippen LogP contribution >= 0.6 is 0 Å². The number of esters is 1. The first-order valence-corrected chi connectivity index (χ1v) is 12.2. The Morgan fingerprint density at radius 2 is 1.72 bits per heavy atom. The van der Waals surface area contributed by atoms with Crippen LogP contribution < -0.4 is 14.2 Å². The number of hydrogen-bond donors (Lipinski definition) is 0. The van der Waals surface area contributed by atoms with Crippen LogP contribution in [0, 0.1) is 0 Å². The van der Waals surface area contributed by atoms with E-state index in [0.29, 0.717) is 43.0 Å². The Labute approximate surface area is 211 Å². The molecule has 2 aliphatic heterocycles. The first-order valence-electron chi connectivity index (χ1n) is 12.2. The summed E-state index contributed by atoms with van der Waals surface area (Å²) >= 11 is 0. The van der Waals surface area contributed by atoms with Crippen molar-refractivity contribution in [2.75, 3.05) is 33.9 Å². The Morgan fingerprint density at radius 3 is 2.44 bits per heavy atom. The predicted molar refractivity (Wildman–Crippen MR) is 135 cm³/mol. The van der Waals surface area contributed by atoms with Crippen molar-refractivity contribution in [1.82, 2.24) is 9.47 Å². The van der Waals surface area contributed by atoms with E-state index in [-0.39, 0.29) is 12.5 Å². The number of methoxy groups -OCH3 is 2. The van der Waals surface area contributed by atoms with Crippen LogP contribution in [0.15, 0.2) is 60.8 Å². The fourth-order valence-corrected chi connectivity index (χ4v) is 4.69. The zero-order chi connectivity index (χ0) is 25.7. The first-order chi connectivity index (χ1) is 17.5. The minimum Gasteiger partial charge on any atom is -0.493 e. The van der Waals surface area contributed by atoms with Crippen LogP contribution in [0.4, 0.5) is 0 Å². The Kier molecular flexibility index (Phi) is 7.52. The molecular formula is C28H32N2O6. The summed E-state index contributed by atoms with van der Waals surface area (Å²) in [7, 11) is 2.79. The summed E-state index contributed by atoms with van der Waals surface area (Å²) < 4.78 is 24.2. The molecule has 0 N–H and O–H groups in total. The molecule has 1 fully saturated rings. The Morgan fingerprint density at radius 1 is 0.972 bits per heavy atom. The predicted octanol–water partition coefficient (Wildman–Crippen LogP) is 4.59. The fraction of sp³-hybridized carbons (Fsp3) is 0.357. The molecule has 1 amide bonds. The molecule has 1 spiro atoms. The van der Waals surface area contributed by atoms with Gasteiger partial charge in [-0.3, -0.25) is 4.79 Å². The molecule has 0 saturated carbocycles. The summed E-state index contributed by atoms with van der Waals surface area (Å²) in [5.41, 5.74) is 2.19. The van der Waals surface area contributed by atoms with Gasteiger partial charge in [0.2, 0.25) is 0 Å². The molecule has 1 saturated heterocycles. The molecular weight excluding hydrogens is 460 g/mol. The highest BCUT2D eigenvalue weighted by Gasteiger charge is 2.44. The topological polar surface area (TPSA) is 79.2 Å². The standard InChI is InChI=1S/C26H26N2O6.C2H6/c1-31-22-16-18(9-10-21(22)33-17-24(29)32-2)25(30)27-14-11-26(12-15-27)23-8-5-13-28(23)19-6-3-4-7-20(19)34-26;1-2/h3-10,13,16H,11-12,14-15,17H2,1-2H3;1-2H3. The van der Waals surface area contributed by atoms with E-state index in [1.54, 1.807) is 18.2 Å². The second-order valence-electron chi connectivity index (χ2n) is 8.35. The third kappa shape index (κ3) is 4.63. The molecule has 8 heteroatoms. The number of benzene rings is 2. The number of ether oxygens (including phenoxy) is 4. The van der Waals surface area contributed by atoms with E-state index in [1.807, 2.05) is 43.0 Å². The van der Waals surface area contributed by atoms with E-state index < -0.39 is 11.6 Å². The number of nitrogens with zero attached hydrogens (tertiary/aromatic N) is 2. The Hall–Kier alpha value is -3.94. The van der Waals surface area contributed by atoms with Gasteiger partial charge in [0.15, 0.2) is 23.7 Å². The highest BCUT2D eigenvalue weighted by Crippen LogP contribution is 2.45. The molecule has 2 aliphatic rings. The van der Waals surface area contributed by atoms with Crippen LogP contribution in [0.2, 0.25) is 0 Å². The number of para-hydroxylation sites is 2. The van der Waals surface area contributed by atoms with Crippen molar-refractivity contribution in [3.63, 3.8) is 0 Å². The van der Waals surface area contributed by atoms with Gasteiger partial charge in [0.25, 0.3) is 5.91 Å². The normalized spacial score (nSPS) is 14.9. The zero-order valence-corrected chi connectivity index (χ0v) is 21.2. The third-order valence-corrected chi connectivity index (χ3v) is 6.49. The maximum Gasteiger partial charge on any atom is 0.343 e. The van der Waals surface area contributed by atoms with Gasteiger partial charge >= 0.3 is 5.97 Å². The van der Waals surface area contributed by atoms with Gasteiger partial charge in [0, 0.05) is 37.7 Å². The van der Waals surface area contributed by atoms with Crippen molar-refractivity contribution in [2.45, 2.75) is 32.3 Å². The average Bonchev–Trinajstić information content (AvgIpc) is 3.44. The lowest BCUT2D eigenvalue weighted by molar-refractivity contribution is -0.142. The lowest BCUT2D eigenvalue weighted by Crippen LogP contribution is -2.50. The summed E-state index contributed by atoms with van der Waals surface area (Å²) in [6.45, 7) is 4.89. The minimum atomic E-state index is -0.497. The molecule has 2 aromatic carbocycles. The number of piperidine rings is 1. The van der Waals surface area contributed by atoms with Gasteiger partial charge in [-0.25, -0.2) is 4.79 Å². The van der Waals surface area contributed by atoms with Crippen LogP contribution in [-0.4, -0.2) is 55.3 Å². The fourth-order valence-electron chi connectivity index (χ4n) is 4.69. The molecule has 0 aliphatic carbocycles. The highest BCUT2D eigenvalue weighted by atomic mass is 16.6. The summed E-state index contributed by atoms with van der Waals surface area (Å²) in [6, 6.07) is 17.1. The van der Waals surface area contributed by atoms with Gasteiger partial charge in [-0.2, -0.15) is 0 Å². The Balaban J connectivity index is 0.00000148. The molecule has 0 bridgehead atoms. The van der Waals surface area contributed by atoms with Gasteiger partial charge in [-0.15, -0.1) is 0 Å². The van der Waals surface area contributed by atoms with Crippen LogP contribution in [0.25, 0.3) is 5.69 Å². The van der Waals surface area contributed by atoms with Crippen LogP contribution in [0.3, 0.4) is 0 Å². The number of fused-ring (bicyclic) bond motifs is 4. The van der Waals surface area contributed by atoms with Crippen molar-refractivity contribution >= 4 is 11.9 Å². The summed E-state index contributed by atoms with van der Waals surface area (Å²) in [5, 5.41) is 0. The van der Waals surface area contributed by atoms with Gasteiger partial charge in [0.1, 0.15) is 5.75 Å². The zero-order valence-electron chi connectivity index (χ0n) is 21.2. The lowest BCUT2D eigenvalue weighted by atomic mass is 9.86. The third-order valence-electron chi connectivity index (χ3n) is 6.49. The molecule has 190 valence electrons. The Bertz CT molecular complexity index is 1230. The van der Waals surface area contributed by atoms with Crippen molar-refractivity contribution in [3.8, 4) is 22.9 Å². The monoisotopic (exact) mass is 492 g/mol. The number of amides is 1. The van der Waals surface area contributed by atoms with E-state index in [9.17, 15) is 9.59 Å². The second kappa shape index (κ2) is 10.8. The number of aromatic nitrogens is 1. The van der Waals surface area contributed by atoms with Crippen molar-refractivity contribution in [2.24, 2.45) is 0 Å². The summed E-state index contributed by atoms with van der Waals surface area (Å²) in [4.78, 5) is 26.5. The number of likely N-dealkylation sites (tertiary alicyclic amines) is 1. The first kappa shape index (κ1) is 25.2.